The van der Waals surface area contributed by atoms with Crippen LogP contribution in [-0.4, -0.2) is 41.0 Å². The number of hydrogen-bond acceptors (Lipinski definition) is 5. The van der Waals surface area contributed by atoms with E-state index in [0.717, 1.165) is 22.5 Å². The number of carbonyl (C=O) groups is 2. The van der Waals surface area contributed by atoms with Crippen LogP contribution in [0.1, 0.15) is 10.4 Å². The van der Waals surface area contributed by atoms with Gasteiger partial charge >= 0.3 is 5.97 Å². The highest BCUT2D eigenvalue weighted by atomic mass is 35.5. The number of amides is 1. The molecule has 1 amide bonds. The Hall–Kier alpha value is -2.65. The van der Waals surface area contributed by atoms with Crippen molar-refractivity contribution < 1.29 is 27.1 Å². The maximum Gasteiger partial charge on any atom is 0.340 e. The molecule has 2 aromatic carbocycles. The zero-order chi connectivity index (χ0) is 20.2. The van der Waals surface area contributed by atoms with E-state index in [0.29, 0.717) is 0 Å². The second-order valence-electron chi connectivity index (χ2n) is 5.34. The van der Waals surface area contributed by atoms with E-state index in [-0.39, 0.29) is 21.2 Å². The van der Waals surface area contributed by atoms with Crippen LogP contribution in [0.15, 0.2) is 47.4 Å². The number of benzene rings is 2. The average molecular weight is 415 g/mol. The zero-order valence-corrected chi connectivity index (χ0v) is 16.0. The molecule has 0 aromatic heterocycles. The number of esters is 1. The molecule has 10 heteroatoms. The Labute approximate surface area is 160 Å². The first kappa shape index (κ1) is 20.7. The van der Waals surface area contributed by atoms with Gasteiger partial charge in [-0.15, -0.1) is 0 Å². The quantitative estimate of drug-likeness (QED) is 0.731. The van der Waals surface area contributed by atoms with E-state index in [1.165, 1.54) is 38.4 Å². The molecule has 0 aliphatic heterocycles. The van der Waals surface area contributed by atoms with Crippen LogP contribution in [0.4, 0.5) is 10.1 Å². The molecular weight excluding hydrogens is 399 g/mol. The summed E-state index contributed by atoms with van der Waals surface area (Å²) in [7, 11) is -1.38. The molecule has 7 nitrogen and oxygen atoms in total. The summed E-state index contributed by atoms with van der Waals surface area (Å²) in [4.78, 5) is 23.1. The van der Waals surface area contributed by atoms with Gasteiger partial charge in [0.1, 0.15) is 5.82 Å². The van der Waals surface area contributed by atoms with Crippen molar-refractivity contribution in [2.45, 2.75) is 4.90 Å². The van der Waals surface area contributed by atoms with E-state index >= 15 is 0 Å². The van der Waals surface area contributed by atoms with Crippen molar-refractivity contribution in [3.05, 3.63) is 58.9 Å². The molecule has 0 saturated heterocycles. The Bertz CT molecular complexity index is 964. The number of halogens is 2. The minimum Gasteiger partial charge on any atom is -0.452 e. The summed E-state index contributed by atoms with van der Waals surface area (Å²) in [5, 5.41) is 2.25. The lowest BCUT2D eigenvalue weighted by Crippen LogP contribution is -2.27. The number of nitrogens with zero attached hydrogens (tertiary/aromatic N) is 1. The molecule has 0 atom stereocenters. The van der Waals surface area contributed by atoms with Crippen molar-refractivity contribution in [1.82, 2.24) is 5.32 Å². The Morgan fingerprint density at radius 3 is 2.41 bits per heavy atom. The van der Waals surface area contributed by atoms with Crippen molar-refractivity contribution in [3.8, 4) is 0 Å². The van der Waals surface area contributed by atoms with E-state index in [2.05, 4.69) is 5.32 Å². The van der Waals surface area contributed by atoms with Gasteiger partial charge in [-0.2, -0.15) is 0 Å². The first-order valence-corrected chi connectivity index (χ1v) is 9.40. The summed E-state index contributed by atoms with van der Waals surface area (Å²) in [6.07, 6.45) is 0. The number of anilines is 1. The monoisotopic (exact) mass is 414 g/mol. The summed E-state index contributed by atoms with van der Waals surface area (Å²) < 4.78 is 44.4. The standard InChI is InChI=1S/C17H16ClFN2O5S/c1-20-16(22)10-26-17(23)14-9-13(7-8-15(14)18)27(24,25)21(2)12-5-3-11(19)4-6-12/h3-9H,10H2,1-2H3,(H,20,22). The van der Waals surface area contributed by atoms with Gasteiger partial charge in [-0.05, 0) is 42.5 Å². The van der Waals surface area contributed by atoms with Gasteiger partial charge in [-0.1, -0.05) is 11.6 Å². The molecule has 0 aliphatic carbocycles. The fraction of sp³-hybridized carbons (Fsp3) is 0.176. The van der Waals surface area contributed by atoms with Crippen LogP contribution >= 0.6 is 11.6 Å². The highest BCUT2D eigenvalue weighted by molar-refractivity contribution is 7.92. The van der Waals surface area contributed by atoms with E-state index in [1.807, 2.05) is 0 Å². The van der Waals surface area contributed by atoms with Crippen LogP contribution in [0.2, 0.25) is 5.02 Å². The lowest BCUT2D eigenvalue weighted by Gasteiger charge is -2.20. The Balaban J connectivity index is 2.33. The molecule has 0 saturated carbocycles. The molecule has 144 valence electrons. The first-order chi connectivity index (χ1) is 12.7. The van der Waals surface area contributed by atoms with Crippen molar-refractivity contribution in [1.29, 1.82) is 0 Å². The summed E-state index contributed by atoms with van der Waals surface area (Å²) in [6, 6.07) is 8.40. The lowest BCUT2D eigenvalue weighted by molar-refractivity contribution is -0.123. The molecule has 2 rings (SSSR count). The third-order valence-corrected chi connectivity index (χ3v) is 5.73. The highest BCUT2D eigenvalue weighted by Gasteiger charge is 2.24. The molecule has 0 unspecified atom stereocenters. The van der Waals surface area contributed by atoms with Gasteiger partial charge in [0.05, 0.1) is 21.2 Å². The number of nitrogens with one attached hydrogen (secondary N) is 1. The fourth-order valence-corrected chi connectivity index (χ4v) is 3.47. The summed E-state index contributed by atoms with van der Waals surface area (Å²) in [6.45, 7) is -0.530. The Morgan fingerprint density at radius 2 is 1.81 bits per heavy atom. The van der Waals surface area contributed by atoms with Crippen molar-refractivity contribution in [2.24, 2.45) is 0 Å². The number of ether oxygens (including phenoxy) is 1. The minimum atomic E-state index is -4.05. The molecular formula is C17H16ClFN2O5S. The third kappa shape index (κ3) is 4.75. The Morgan fingerprint density at radius 1 is 1.19 bits per heavy atom. The summed E-state index contributed by atoms with van der Waals surface area (Å²) in [5.74, 6) is -1.97. The Kier molecular flexibility index (Phi) is 6.40. The van der Waals surface area contributed by atoms with E-state index in [1.54, 1.807) is 0 Å². The maximum absolute atomic E-state index is 13.0. The molecule has 0 aliphatic rings. The SMILES string of the molecule is CNC(=O)COC(=O)c1cc(S(=O)(=O)N(C)c2ccc(F)cc2)ccc1Cl. The van der Waals surface area contributed by atoms with Gasteiger partial charge in [-0.3, -0.25) is 9.10 Å². The highest BCUT2D eigenvalue weighted by Crippen LogP contribution is 2.26. The lowest BCUT2D eigenvalue weighted by atomic mass is 10.2. The van der Waals surface area contributed by atoms with Gasteiger partial charge < -0.3 is 10.1 Å². The zero-order valence-electron chi connectivity index (χ0n) is 14.4. The number of likely N-dealkylation sites (N-methyl/N-ethyl adjacent to an activating group) is 1. The predicted molar refractivity (Wildman–Crippen MR) is 97.8 cm³/mol. The fourth-order valence-electron chi connectivity index (χ4n) is 2.05. The molecule has 0 radical (unpaired) electrons. The van der Waals surface area contributed by atoms with Gasteiger partial charge in [0.2, 0.25) is 0 Å². The molecule has 0 heterocycles. The van der Waals surface area contributed by atoms with Gasteiger partial charge in [0.15, 0.2) is 6.61 Å². The topological polar surface area (TPSA) is 92.8 Å². The van der Waals surface area contributed by atoms with E-state index in [9.17, 15) is 22.4 Å². The van der Waals surface area contributed by atoms with Crippen LogP contribution in [0.5, 0.6) is 0 Å². The minimum absolute atomic E-state index is 0.0275. The molecule has 0 fully saturated rings. The number of hydrogen-bond donors (Lipinski definition) is 1. The van der Waals surface area contributed by atoms with Crippen LogP contribution in [0.3, 0.4) is 0 Å². The maximum atomic E-state index is 13.0. The molecule has 0 bridgehead atoms. The van der Waals surface area contributed by atoms with E-state index < -0.39 is 34.3 Å². The molecule has 1 N–H and O–H groups in total. The van der Waals surface area contributed by atoms with Gasteiger partial charge in [-0.25, -0.2) is 17.6 Å². The van der Waals surface area contributed by atoms with Gasteiger partial charge in [0.25, 0.3) is 15.9 Å². The van der Waals surface area contributed by atoms with Gasteiger partial charge in [0, 0.05) is 14.1 Å². The summed E-state index contributed by atoms with van der Waals surface area (Å²) in [5.41, 5.74) is 0.0317. The predicted octanol–water partition coefficient (Wildman–Crippen LogP) is 2.21. The molecule has 0 spiro atoms. The van der Waals surface area contributed by atoms with E-state index in [4.69, 9.17) is 16.3 Å². The van der Waals surface area contributed by atoms with Crippen molar-refractivity contribution >= 4 is 39.2 Å². The molecule has 27 heavy (non-hydrogen) atoms. The second-order valence-corrected chi connectivity index (χ2v) is 7.72. The largest absolute Gasteiger partial charge is 0.452 e. The summed E-state index contributed by atoms with van der Waals surface area (Å²) >= 11 is 5.95. The number of carbonyl (C=O) groups excluding carboxylic acids is 2. The third-order valence-electron chi connectivity index (χ3n) is 3.62. The second kappa shape index (κ2) is 8.36. The van der Waals surface area contributed by atoms with Crippen LogP contribution in [-0.2, 0) is 19.6 Å². The first-order valence-electron chi connectivity index (χ1n) is 7.58. The molecule has 2 aromatic rings. The van der Waals surface area contributed by atoms with Crippen LogP contribution in [0, 0.1) is 5.82 Å². The smallest absolute Gasteiger partial charge is 0.340 e. The number of sulfonamides is 1. The van der Waals surface area contributed by atoms with Crippen LogP contribution in [0.25, 0.3) is 0 Å². The van der Waals surface area contributed by atoms with Crippen molar-refractivity contribution in [2.75, 3.05) is 25.0 Å². The average Bonchev–Trinajstić information content (AvgIpc) is 2.65. The van der Waals surface area contributed by atoms with Crippen molar-refractivity contribution in [3.63, 3.8) is 0 Å². The normalized spacial score (nSPS) is 11.0. The number of rotatable bonds is 6. The van der Waals surface area contributed by atoms with Crippen LogP contribution < -0.4 is 9.62 Å².